The van der Waals surface area contributed by atoms with Crippen LogP contribution in [-0.4, -0.2) is 24.5 Å². The molecule has 1 aromatic carbocycles. The predicted octanol–water partition coefficient (Wildman–Crippen LogP) is 1.05. The van der Waals surface area contributed by atoms with Crippen LogP contribution in [0.25, 0.3) is 0 Å². The van der Waals surface area contributed by atoms with Crippen molar-refractivity contribution < 1.29 is 4.79 Å². The molecule has 0 fully saturated rings. The van der Waals surface area contributed by atoms with Gasteiger partial charge in [-0.15, -0.1) is 0 Å². The van der Waals surface area contributed by atoms with E-state index in [9.17, 15) is 4.79 Å². The molecule has 5 nitrogen and oxygen atoms in total. The Balaban J connectivity index is 2.40. The summed E-state index contributed by atoms with van der Waals surface area (Å²) in [6.07, 6.45) is 0. The fourth-order valence-electron chi connectivity index (χ4n) is 2.05. The summed E-state index contributed by atoms with van der Waals surface area (Å²) in [4.78, 5) is 13.5. The normalized spacial score (nSPS) is 14.8. The first kappa shape index (κ1) is 12.4. The van der Waals surface area contributed by atoms with Crippen LogP contribution in [0.3, 0.4) is 0 Å². The maximum atomic E-state index is 11.6. The number of hydrogen-bond donors (Lipinski definition) is 2. The third-order valence-electron chi connectivity index (χ3n) is 2.67. The smallest absolute Gasteiger partial charge is 0.243 e. The van der Waals surface area contributed by atoms with Crippen molar-refractivity contribution in [2.45, 2.75) is 19.4 Å². The highest BCUT2D eigenvalue weighted by Crippen LogP contribution is 2.30. The highest BCUT2D eigenvalue weighted by atomic mass is 16.2. The Hall–Kier alpha value is -2.06. The van der Waals surface area contributed by atoms with Crippen molar-refractivity contribution >= 4 is 17.3 Å². The van der Waals surface area contributed by atoms with E-state index in [2.05, 4.69) is 11.4 Å². The zero-order valence-corrected chi connectivity index (χ0v) is 10.5. The van der Waals surface area contributed by atoms with Gasteiger partial charge in [0.05, 0.1) is 29.6 Å². The molecular formula is C13H16N4O. The fourth-order valence-corrected chi connectivity index (χ4v) is 2.05. The summed E-state index contributed by atoms with van der Waals surface area (Å²) in [6.45, 7) is 4.64. The molecule has 1 aliphatic heterocycles. The van der Waals surface area contributed by atoms with Gasteiger partial charge in [0.1, 0.15) is 0 Å². The van der Waals surface area contributed by atoms with Gasteiger partial charge in [0.15, 0.2) is 0 Å². The number of amides is 1. The molecule has 5 heteroatoms. The van der Waals surface area contributed by atoms with Crippen LogP contribution in [0.5, 0.6) is 0 Å². The lowest BCUT2D eigenvalue weighted by atomic mass is 10.0. The molecule has 0 unspecified atom stereocenters. The molecule has 0 saturated heterocycles. The van der Waals surface area contributed by atoms with Gasteiger partial charge in [-0.05, 0) is 32.0 Å². The highest BCUT2D eigenvalue weighted by molar-refractivity contribution is 6.01. The molecular weight excluding hydrogens is 228 g/mol. The molecule has 0 spiro atoms. The molecule has 0 radical (unpaired) electrons. The number of fused-ring (bicyclic) bond motifs is 1. The number of nitrogens with one attached hydrogen (secondary N) is 1. The second kappa shape index (κ2) is 4.31. The van der Waals surface area contributed by atoms with Gasteiger partial charge in [0.2, 0.25) is 5.91 Å². The van der Waals surface area contributed by atoms with E-state index < -0.39 is 5.54 Å². The van der Waals surface area contributed by atoms with Crippen LogP contribution in [0, 0.1) is 11.3 Å². The molecule has 94 valence electrons. The van der Waals surface area contributed by atoms with Crippen LogP contribution in [0.15, 0.2) is 18.2 Å². The fraction of sp³-hybridized carbons (Fsp3) is 0.385. The van der Waals surface area contributed by atoms with Gasteiger partial charge in [-0.1, -0.05) is 0 Å². The molecule has 0 atom stereocenters. The SMILES string of the molecule is CC(C)(N)CN1CC(=O)Nc2ccc(C#N)cc21. The summed E-state index contributed by atoms with van der Waals surface area (Å²) in [5.74, 6) is -0.0588. The van der Waals surface area contributed by atoms with Crippen LogP contribution in [0.2, 0.25) is 0 Å². The molecule has 3 N–H and O–H groups in total. The zero-order chi connectivity index (χ0) is 13.3. The van der Waals surface area contributed by atoms with Crippen molar-refractivity contribution in [1.29, 1.82) is 5.26 Å². The molecule has 0 aliphatic carbocycles. The number of hydrogen-bond acceptors (Lipinski definition) is 4. The van der Waals surface area contributed by atoms with Gasteiger partial charge in [-0.25, -0.2) is 0 Å². The number of anilines is 2. The van der Waals surface area contributed by atoms with Crippen LogP contribution < -0.4 is 16.0 Å². The van der Waals surface area contributed by atoms with Gasteiger partial charge < -0.3 is 16.0 Å². The summed E-state index contributed by atoms with van der Waals surface area (Å²) in [5, 5.41) is 11.7. The molecule has 0 saturated carbocycles. The standard InChI is InChI=1S/C13H16N4O/c1-13(2,15)8-17-7-12(18)16-10-4-3-9(6-14)5-11(10)17/h3-5H,7-8,15H2,1-2H3,(H,16,18). The second-order valence-electron chi connectivity index (χ2n) is 5.24. The van der Waals surface area contributed by atoms with Crippen molar-refractivity contribution in [3.05, 3.63) is 23.8 Å². The van der Waals surface area contributed by atoms with E-state index in [-0.39, 0.29) is 12.5 Å². The average Bonchev–Trinajstić information content (AvgIpc) is 2.26. The van der Waals surface area contributed by atoms with Crippen molar-refractivity contribution in [3.8, 4) is 6.07 Å². The molecule has 1 aliphatic rings. The molecule has 1 amide bonds. The lowest BCUT2D eigenvalue weighted by Gasteiger charge is -2.35. The average molecular weight is 244 g/mol. The lowest BCUT2D eigenvalue weighted by Crippen LogP contribution is -2.49. The predicted molar refractivity (Wildman–Crippen MR) is 70.3 cm³/mol. The minimum atomic E-state index is -0.405. The Labute approximate surface area is 106 Å². The second-order valence-corrected chi connectivity index (χ2v) is 5.24. The number of rotatable bonds is 2. The quantitative estimate of drug-likeness (QED) is 0.814. The Kier molecular flexibility index (Phi) is 2.97. The summed E-state index contributed by atoms with van der Waals surface area (Å²) in [5.41, 5.74) is 7.75. The minimum Gasteiger partial charge on any atom is -0.359 e. The number of nitriles is 1. The third kappa shape index (κ3) is 2.60. The number of carbonyl (C=O) groups is 1. The number of carbonyl (C=O) groups excluding carboxylic acids is 1. The Morgan fingerprint density at radius 2 is 2.28 bits per heavy atom. The van der Waals surface area contributed by atoms with E-state index in [1.54, 1.807) is 18.2 Å². The summed E-state index contributed by atoms with van der Waals surface area (Å²) in [6, 6.07) is 7.32. The van der Waals surface area contributed by atoms with Gasteiger partial charge in [-0.2, -0.15) is 5.26 Å². The summed E-state index contributed by atoms with van der Waals surface area (Å²) >= 11 is 0. The van der Waals surface area contributed by atoms with Gasteiger partial charge in [-0.3, -0.25) is 4.79 Å². The summed E-state index contributed by atoms with van der Waals surface area (Å²) in [7, 11) is 0. The van der Waals surface area contributed by atoms with E-state index in [1.165, 1.54) is 0 Å². The Morgan fingerprint density at radius 3 is 2.89 bits per heavy atom. The van der Waals surface area contributed by atoms with Crippen molar-refractivity contribution in [3.63, 3.8) is 0 Å². The lowest BCUT2D eigenvalue weighted by molar-refractivity contribution is -0.115. The van der Waals surface area contributed by atoms with Crippen LogP contribution in [-0.2, 0) is 4.79 Å². The van der Waals surface area contributed by atoms with Gasteiger partial charge in [0, 0.05) is 12.1 Å². The van der Waals surface area contributed by atoms with E-state index in [1.807, 2.05) is 18.7 Å². The summed E-state index contributed by atoms with van der Waals surface area (Å²) < 4.78 is 0. The van der Waals surface area contributed by atoms with Crippen LogP contribution in [0.4, 0.5) is 11.4 Å². The number of nitrogens with two attached hydrogens (primary N) is 1. The highest BCUT2D eigenvalue weighted by Gasteiger charge is 2.26. The topological polar surface area (TPSA) is 82.2 Å². The minimum absolute atomic E-state index is 0.0588. The van der Waals surface area contributed by atoms with Gasteiger partial charge in [0.25, 0.3) is 0 Å². The first-order chi connectivity index (χ1) is 8.39. The first-order valence-corrected chi connectivity index (χ1v) is 5.77. The van der Waals surface area contributed by atoms with Crippen molar-refractivity contribution in [2.24, 2.45) is 5.73 Å². The monoisotopic (exact) mass is 244 g/mol. The van der Waals surface area contributed by atoms with E-state index in [4.69, 9.17) is 11.0 Å². The van der Waals surface area contributed by atoms with Crippen LogP contribution >= 0.6 is 0 Å². The largest absolute Gasteiger partial charge is 0.359 e. The van der Waals surface area contributed by atoms with Gasteiger partial charge >= 0.3 is 0 Å². The molecule has 1 heterocycles. The Morgan fingerprint density at radius 1 is 1.56 bits per heavy atom. The molecule has 2 rings (SSSR count). The zero-order valence-electron chi connectivity index (χ0n) is 10.5. The van der Waals surface area contributed by atoms with Crippen molar-refractivity contribution in [1.82, 2.24) is 0 Å². The van der Waals surface area contributed by atoms with E-state index >= 15 is 0 Å². The number of benzene rings is 1. The van der Waals surface area contributed by atoms with E-state index in [0.717, 1.165) is 11.4 Å². The Bertz CT molecular complexity index is 525. The first-order valence-electron chi connectivity index (χ1n) is 5.77. The maximum absolute atomic E-state index is 11.6. The molecule has 0 aromatic heterocycles. The van der Waals surface area contributed by atoms with Crippen molar-refractivity contribution in [2.75, 3.05) is 23.3 Å². The molecule has 18 heavy (non-hydrogen) atoms. The third-order valence-corrected chi connectivity index (χ3v) is 2.67. The van der Waals surface area contributed by atoms with Crippen LogP contribution in [0.1, 0.15) is 19.4 Å². The molecule has 0 bridgehead atoms. The molecule has 1 aromatic rings. The van der Waals surface area contributed by atoms with E-state index in [0.29, 0.717) is 12.1 Å². The maximum Gasteiger partial charge on any atom is 0.243 e. The number of nitrogens with zero attached hydrogens (tertiary/aromatic N) is 2.